The van der Waals surface area contributed by atoms with Crippen LogP contribution in [0.5, 0.6) is 0 Å². The van der Waals surface area contributed by atoms with Crippen molar-refractivity contribution in [2.75, 3.05) is 0 Å². The molecule has 0 spiro atoms. The van der Waals surface area contributed by atoms with Gasteiger partial charge in [0.05, 0.1) is 0 Å². The molecule has 1 unspecified atom stereocenters. The van der Waals surface area contributed by atoms with Crippen molar-refractivity contribution >= 4 is 0 Å². The average Bonchev–Trinajstić information content (AvgIpc) is 2.01. The van der Waals surface area contributed by atoms with E-state index in [1.54, 1.807) is 0 Å². The van der Waals surface area contributed by atoms with E-state index in [9.17, 15) is 0 Å². The summed E-state index contributed by atoms with van der Waals surface area (Å²) in [7, 11) is 0. The van der Waals surface area contributed by atoms with Gasteiger partial charge in [-0.25, -0.2) is 0 Å². The summed E-state index contributed by atoms with van der Waals surface area (Å²) in [6, 6.07) is 0. The molecule has 0 radical (unpaired) electrons. The van der Waals surface area contributed by atoms with Crippen LogP contribution in [0.15, 0.2) is 23.8 Å². The van der Waals surface area contributed by atoms with Crippen molar-refractivity contribution in [3.63, 3.8) is 0 Å². The predicted octanol–water partition coefficient (Wildman–Crippen LogP) is 4.09. The summed E-state index contributed by atoms with van der Waals surface area (Å²) in [6.07, 6.45) is 12.2. The van der Waals surface area contributed by atoms with Crippen LogP contribution in [-0.4, -0.2) is 0 Å². The molecule has 0 fully saturated rings. The quantitative estimate of drug-likeness (QED) is 0.589. The molecule has 0 saturated heterocycles. The number of allylic oxidation sites excluding steroid dienone is 4. The molecule has 1 aliphatic rings. The van der Waals surface area contributed by atoms with Crippen LogP contribution in [0, 0.1) is 5.41 Å². The minimum absolute atomic E-state index is 0.453. The lowest BCUT2D eigenvalue weighted by atomic mass is 9.78. The molecule has 0 heterocycles. The SMILES string of the molecule is CCCCC1(C)C=C(C)C=CC1. The van der Waals surface area contributed by atoms with Crippen LogP contribution in [0.3, 0.4) is 0 Å². The Balaban J connectivity index is 2.54. The molecule has 1 rings (SSSR count). The molecule has 1 aliphatic carbocycles. The van der Waals surface area contributed by atoms with Gasteiger partial charge in [-0.05, 0) is 25.2 Å². The molecule has 0 aliphatic heterocycles. The van der Waals surface area contributed by atoms with Crippen molar-refractivity contribution in [2.24, 2.45) is 5.41 Å². The molecule has 0 aromatic carbocycles. The summed E-state index contributed by atoms with van der Waals surface area (Å²) < 4.78 is 0. The van der Waals surface area contributed by atoms with E-state index >= 15 is 0 Å². The maximum atomic E-state index is 2.43. The van der Waals surface area contributed by atoms with Crippen LogP contribution in [0.4, 0.5) is 0 Å². The maximum absolute atomic E-state index is 2.43. The van der Waals surface area contributed by atoms with Crippen molar-refractivity contribution in [3.05, 3.63) is 23.8 Å². The van der Waals surface area contributed by atoms with Gasteiger partial charge in [-0.3, -0.25) is 0 Å². The third kappa shape index (κ3) is 2.51. The first kappa shape index (κ1) is 9.57. The Morgan fingerprint density at radius 3 is 2.83 bits per heavy atom. The Labute approximate surface area is 76.4 Å². The van der Waals surface area contributed by atoms with Crippen molar-refractivity contribution in [1.29, 1.82) is 0 Å². The number of rotatable bonds is 3. The molecule has 0 aromatic heterocycles. The molecule has 0 nitrogen and oxygen atoms in total. The van der Waals surface area contributed by atoms with E-state index < -0.39 is 0 Å². The first-order chi connectivity index (χ1) is 5.66. The topological polar surface area (TPSA) is 0 Å². The van der Waals surface area contributed by atoms with Gasteiger partial charge in [-0.1, -0.05) is 50.5 Å². The molecule has 1 atom stereocenters. The van der Waals surface area contributed by atoms with Crippen LogP contribution < -0.4 is 0 Å². The van der Waals surface area contributed by atoms with Crippen molar-refractivity contribution in [2.45, 2.75) is 46.5 Å². The molecule has 12 heavy (non-hydrogen) atoms. The largest absolute Gasteiger partial charge is 0.0834 e. The second-order valence-corrected chi connectivity index (χ2v) is 4.25. The number of hydrogen-bond donors (Lipinski definition) is 0. The van der Waals surface area contributed by atoms with Gasteiger partial charge in [0, 0.05) is 0 Å². The van der Waals surface area contributed by atoms with Gasteiger partial charge in [0.25, 0.3) is 0 Å². The third-order valence-corrected chi connectivity index (χ3v) is 2.64. The zero-order valence-electron chi connectivity index (χ0n) is 8.56. The average molecular weight is 164 g/mol. The second kappa shape index (κ2) is 3.93. The van der Waals surface area contributed by atoms with Crippen LogP contribution >= 0.6 is 0 Å². The minimum Gasteiger partial charge on any atom is -0.0834 e. The number of hydrogen-bond acceptors (Lipinski definition) is 0. The van der Waals surface area contributed by atoms with Gasteiger partial charge < -0.3 is 0 Å². The highest BCUT2D eigenvalue weighted by molar-refractivity contribution is 5.24. The van der Waals surface area contributed by atoms with Crippen LogP contribution in [0.25, 0.3) is 0 Å². The van der Waals surface area contributed by atoms with E-state index in [1.807, 2.05) is 0 Å². The highest BCUT2D eigenvalue weighted by Crippen LogP contribution is 2.34. The molecule has 68 valence electrons. The van der Waals surface area contributed by atoms with E-state index in [0.29, 0.717) is 5.41 Å². The van der Waals surface area contributed by atoms with Gasteiger partial charge in [-0.15, -0.1) is 0 Å². The highest BCUT2D eigenvalue weighted by Gasteiger charge is 2.20. The fourth-order valence-corrected chi connectivity index (χ4v) is 1.93. The fourth-order valence-electron chi connectivity index (χ4n) is 1.93. The molecule has 0 N–H and O–H groups in total. The molecule has 0 bridgehead atoms. The van der Waals surface area contributed by atoms with Crippen molar-refractivity contribution in [3.8, 4) is 0 Å². The fraction of sp³-hybridized carbons (Fsp3) is 0.667. The normalized spacial score (nSPS) is 28.8. The summed E-state index contributed by atoms with van der Waals surface area (Å²) in [5, 5.41) is 0. The minimum atomic E-state index is 0.453. The highest BCUT2D eigenvalue weighted by atomic mass is 14.3. The molecule has 0 heteroatoms. The first-order valence-electron chi connectivity index (χ1n) is 5.02. The molecule has 0 amide bonds. The van der Waals surface area contributed by atoms with Crippen LogP contribution in [0.1, 0.15) is 46.5 Å². The van der Waals surface area contributed by atoms with Gasteiger partial charge in [0.1, 0.15) is 0 Å². The Bertz CT molecular complexity index is 198. The van der Waals surface area contributed by atoms with Crippen molar-refractivity contribution in [1.82, 2.24) is 0 Å². The summed E-state index contributed by atoms with van der Waals surface area (Å²) in [4.78, 5) is 0. The van der Waals surface area contributed by atoms with Crippen molar-refractivity contribution < 1.29 is 0 Å². The predicted molar refractivity (Wildman–Crippen MR) is 55.1 cm³/mol. The van der Waals surface area contributed by atoms with E-state index in [-0.39, 0.29) is 0 Å². The monoisotopic (exact) mass is 164 g/mol. The lowest BCUT2D eigenvalue weighted by molar-refractivity contribution is 0.376. The Kier molecular flexibility index (Phi) is 3.13. The summed E-state index contributed by atoms with van der Waals surface area (Å²) in [5.41, 5.74) is 1.88. The Hall–Kier alpha value is -0.520. The zero-order chi connectivity index (χ0) is 9.03. The maximum Gasteiger partial charge on any atom is -0.0106 e. The standard InChI is InChI=1S/C12H20/c1-4-5-8-12(3)9-6-7-11(2)10-12/h6-7,10H,4-5,8-9H2,1-3H3. The molecule has 0 aromatic rings. The lowest BCUT2D eigenvalue weighted by Crippen LogP contribution is -2.14. The number of unbranched alkanes of at least 4 members (excludes halogenated alkanes) is 1. The zero-order valence-corrected chi connectivity index (χ0v) is 8.56. The molecular formula is C12H20. The Morgan fingerprint density at radius 1 is 1.50 bits per heavy atom. The second-order valence-electron chi connectivity index (χ2n) is 4.25. The van der Waals surface area contributed by atoms with E-state index in [1.165, 1.54) is 31.3 Å². The van der Waals surface area contributed by atoms with Crippen LogP contribution in [-0.2, 0) is 0 Å². The summed E-state index contributed by atoms with van der Waals surface area (Å²) in [6.45, 7) is 6.83. The summed E-state index contributed by atoms with van der Waals surface area (Å²) >= 11 is 0. The lowest BCUT2D eigenvalue weighted by Gasteiger charge is -2.27. The molecule has 0 saturated carbocycles. The van der Waals surface area contributed by atoms with E-state index in [2.05, 4.69) is 39.0 Å². The van der Waals surface area contributed by atoms with E-state index in [4.69, 9.17) is 0 Å². The van der Waals surface area contributed by atoms with Crippen LogP contribution in [0.2, 0.25) is 0 Å². The van der Waals surface area contributed by atoms with Gasteiger partial charge >= 0.3 is 0 Å². The third-order valence-electron chi connectivity index (χ3n) is 2.64. The smallest absolute Gasteiger partial charge is 0.0106 e. The first-order valence-corrected chi connectivity index (χ1v) is 5.02. The van der Waals surface area contributed by atoms with Gasteiger partial charge in [0.2, 0.25) is 0 Å². The van der Waals surface area contributed by atoms with E-state index in [0.717, 1.165) is 0 Å². The molecular weight excluding hydrogens is 144 g/mol. The Morgan fingerprint density at radius 2 is 2.25 bits per heavy atom. The summed E-state index contributed by atoms with van der Waals surface area (Å²) in [5.74, 6) is 0. The van der Waals surface area contributed by atoms with Gasteiger partial charge in [0.15, 0.2) is 0 Å². The van der Waals surface area contributed by atoms with Gasteiger partial charge in [-0.2, -0.15) is 0 Å².